The number of carbonyl (C=O) groups excluding carboxylic acids is 1. The fourth-order valence-corrected chi connectivity index (χ4v) is 2.46. The van der Waals surface area contributed by atoms with Gasteiger partial charge in [-0.2, -0.15) is 0 Å². The van der Waals surface area contributed by atoms with Crippen LogP contribution in [-0.2, 0) is 4.79 Å². The van der Waals surface area contributed by atoms with Crippen molar-refractivity contribution in [2.75, 3.05) is 26.2 Å². The number of benzene rings is 1. The molecule has 110 valence electrons. The molecule has 2 N–H and O–H groups in total. The van der Waals surface area contributed by atoms with Gasteiger partial charge in [-0.1, -0.05) is 0 Å². The Hall–Kier alpha value is -1.75. The zero-order valence-corrected chi connectivity index (χ0v) is 12.1. The lowest BCUT2D eigenvalue weighted by atomic mass is 10.1. The lowest BCUT2D eigenvalue weighted by Gasteiger charge is -2.19. The normalized spacial score (nSPS) is 16.6. The van der Waals surface area contributed by atoms with Crippen LogP contribution in [0.5, 0.6) is 11.5 Å². The summed E-state index contributed by atoms with van der Waals surface area (Å²) in [4.78, 5) is 13.7. The second-order valence-corrected chi connectivity index (χ2v) is 4.86. The molecule has 1 amide bonds. The first-order valence-electron chi connectivity index (χ1n) is 7.12. The number of ether oxygens (including phenoxy) is 1. The topological polar surface area (TPSA) is 61.8 Å². The summed E-state index contributed by atoms with van der Waals surface area (Å²) in [5.74, 6) is 1.10. The number of carbonyl (C=O) groups is 1. The maximum absolute atomic E-state index is 11.9. The molecule has 0 bridgehead atoms. The van der Waals surface area contributed by atoms with Gasteiger partial charge >= 0.3 is 0 Å². The van der Waals surface area contributed by atoms with Crippen LogP contribution in [0.25, 0.3) is 0 Å². The van der Waals surface area contributed by atoms with Crippen molar-refractivity contribution in [1.29, 1.82) is 0 Å². The van der Waals surface area contributed by atoms with Gasteiger partial charge < -0.3 is 20.1 Å². The Bertz CT molecular complexity index is 472. The zero-order chi connectivity index (χ0) is 14.5. The van der Waals surface area contributed by atoms with Crippen LogP contribution in [0.2, 0.25) is 0 Å². The molecule has 1 aliphatic heterocycles. The largest absolute Gasteiger partial charge is 0.508 e. The van der Waals surface area contributed by atoms with Gasteiger partial charge in [-0.25, -0.2) is 0 Å². The van der Waals surface area contributed by atoms with E-state index in [9.17, 15) is 9.90 Å². The Morgan fingerprint density at radius 2 is 2.20 bits per heavy atom. The summed E-state index contributed by atoms with van der Waals surface area (Å²) in [7, 11) is 0. The minimum atomic E-state index is 0.0927. The summed E-state index contributed by atoms with van der Waals surface area (Å²) in [5, 5.41) is 12.7. The van der Waals surface area contributed by atoms with E-state index in [-0.39, 0.29) is 17.7 Å². The van der Waals surface area contributed by atoms with Crippen LogP contribution in [0.15, 0.2) is 18.2 Å². The van der Waals surface area contributed by atoms with E-state index in [0.717, 1.165) is 24.4 Å². The number of fused-ring (bicyclic) bond motifs is 1. The highest BCUT2D eigenvalue weighted by molar-refractivity contribution is 5.76. The lowest BCUT2D eigenvalue weighted by Crippen LogP contribution is -2.34. The van der Waals surface area contributed by atoms with Gasteiger partial charge in [0, 0.05) is 37.7 Å². The van der Waals surface area contributed by atoms with E-state index in [1.165, 1.54) is 0 Å². The Kier molecular flexibility index (Phi) is 4.84. The van der Waals surface area contributed by atoms with E-state index in [1.807, 2.05) is 24.8 Å². The molecule has 1 aromatic rings. The van der Waals surface area contributed by atoms with Gasteiger partial charge in [-0.05, 0) is 26.0 Å². The zero-order valence-electron chi connectivity index (χ0n) is 12.1. The van der Waals surface area contributed by atoms with Crippen molar-refractivity contribution in [3.05, 3.63) is 23.8 Å². The molecule has 2 rings (SSSR count). The van der Waals surface area contributed by atoms with Crippen LogP contribution >= 0.6 is 0 Å². The third-order valence-corrected chi connectivity index (χ3v) is 3.62. The number of hydrogen-bond donors (Lipinski definition) is 2. The van der Waals surface area contributed by atoms with E-state index < -0.39 is 0 Å². The molecular formula is C15H22N2O3. The number of phenols is 1. The first kappa shape index (κ1) is 14.7. The third kappa shape index (κ3) is 3.22. The molecule has 1 unspecified atom stereocenters. The molecular weight excluding hydrogens is 256 g/mol. The summed E-state index contributed by atoms with van der Waals surface area (Å²) >= 11 is 0. The molecule has 0 aromatic heterocycles. The van der Waals surface area contributed by atoms with Gasteiger partial charge in [0.15, 0.2) is 0 Å². The SMILES string of the molecule is CCN(CC)C(=O)CCNC1COc2cc(O)ccc21. The van der Waals surface area contributed by atoms with E-state index >= 15 is 0 Å². The summed E-state index contributed by atoms with van der Waals surface area (Å²) in [6, 6.07) is 5.23. The maximum Gasteiger partial charge on any atom is 0.223 e. The average molecular weight is 278 g/mol. The quantitative estimate of drug-likeness (QED) is 0.831. The molecule has 20 heavy (non-hydrogen) atoms. The number of hydrogen-bond acceptors (Lipinski definition) is 4. The van der Waals surface area contributed by atoms with Crippen LogP contribution in [0, 0.1) is 0 Å². The minimum absolute atomic E-state index is 0.0927. The summed E-state index contributed by atoms with van der Waals surface area (Å²) in [6.07, 6.45) is 0.492. The molecule has 0 spiro atoms. The smallest absolute Gasteiger partial charge is 0.223 e. The first-order chi connectivity index (χ1) is 9.65. The van der Waals surface area contributed by atoms with Crippen molar-refractivity contribution in [3.8, 4) is 11.5 Å². The second-order valence-electron chi connectivity index (χ2n) is 4.86. The van der Waals surface area contributed by atoms with E-state index in [1.54, 1.807) is 12.1 Å². The predicted octanol–water partition coefficient (Wildman–Crippen LogP) is 1.67. The number of rotatable bonds is 6. The number of aromatic hydroxyl groups is 1. The van der Waals surface area contributed by atoms with Gasteiger partial charge in [-0.15, -0.1) is 0 Å². The van der Waals surface area contributed by atoms with E-state index in [2.05, 4.69) is 5.32 Å². The van der Waals surface area contributed by atoms with Crippen LogP contribution in [0.4, 0.5) is 0 Å². The molecule has 0 fully saturated rings. The van der Waals surface area contributed by atoms with Gasteiger partial charge in [-0.3, -0.25) is 4.79 Å². The van der Waals surface area contributed by atoms with Crippen molar-refractivity contribution in [1.82, 2.24) is 10.2 Å². The monoisotopic (exact) mass is 278 g/mol. The standard InChI is InChI=1S/C15H22N2O3/c1-3-17(4-2)15(19)7-8-16-13-10-20-14-9-11(18)5-6-12(13)14/h5-6,9,13,16,18H,3-4,7-8,10H2,1-2H3. The maximum atomic E-state index is 11.9. The van der Waals surface area contributed by atoms with Gasteiger partial charge in [0.1, 0.15) is 18.1 Å². The summed E-state index contributed by atoms with van der Waals surface area (Å²) in [6.45, 7) is 6.65. The Morgan fingerprint density at radius 3 is 2.90 bits per heavy atom. The van der Waals surface area contributed by atoms with Crippen LogP contribution < -0.4 is 10.1 Å². The van der Waals surface area contributed by atoms with Crippen LogP contribution in [0.3, 0.4) is 0 Å². The molecule has 0 saturated heterocycles. The number of nitrogens with one attached hydrogen (secondary N) is 1. The average Bonchev–Trinajstić information content (AvgIpc) is 2.82. The van der Waals surface area contributed by atoms with Crippen molar-refractivity contribution < 1.29 is 14.6 Å². The van der Waals surface area contributed by atoms with Crippen LogP contribution in [-0.4, -0.2) is 42.2 Å². The van der Waals surface area contributed by atoms with E-state index in [0.29, 0.717) is 19.6 Å². The summed E-state index contributed by atoms with van der Waals surface area (Å²) < 4.78 is 5.52. The van der Waals surface area contributed by atoms with Crippen molar-refractivity contribution in [3.63, 3.8) is 0 Å². The Morgan fingerprint density at radius 1 is 1.45 bits per heavy atom. The molecule has 0 radical (unpaired) electrons. The van der Waals surface area contributed by atoms with Gasteiger partial charge in [0.2, 0.25) is 5.91 Å². The highest BCUT2D eigenvalue weighted by atomic mass is 16.5. The van der Waals surface area contributed by atoms with Gasteiger partial charge in [0.25, 0.3) is 0 Å². The van der Waals surface area contributed by atoms with Crippen molar-refractivity contribution in [2.24, 2.45) is 0 Å². The fraction of sp³-hybridized carbons (Fsp3) is 0.533. The Balaban J connectivity index is 1.84. The first-order valence-corrected chi connectivity index (χ1v) is 7.12. The second kappa shape index (κ2) is 6.61. The molecule has 0 saturated carbocycles. The molecule has 1 aromatic carbocycles. The molecule has 0 aliphatic carbocycles. The summed E-state index contributed by atoms with van der Waals surface area (Å²) in [5.41, 5.74) is 1.04. The Labute approximate surface area is 119 Å². The highest BCUT2D eigenvalue weighted by Gasteiger charge is 2.24. The van der Waals surface area contributed by atoms with Crippen molar-refractivity contribution in [2.45, 2.75) is 26.3 Å². The number of phenolic OH excluding ortho intramolecular Hbond substituents is 1. The molecule has 5 nitrogen and oxygen atoms in total. The predicted molar refractivity (Wildman–Crippen MR) is 76.9 cm³/mol. The lowest BCUT2D eigenvalue weighted by molar-refractivity contribution is -0.130. The van der Waals surface area contributed by atoms with Gasteiger partial charge in [0.05, 0.1) is 6.04 Å². The van der Waals surface area contributed by atoms with Crippen LogP contribution in [0.1, 0.15) is 31.9 Å². The number of nitrogens with zero attached hydrogens (tertiary/aromatic N) is 1. The molecule has 1 aliphatic rings. The molecule has 1 atom stereocenters. The highest BCUT2D eigenvalue weighted by Crippen LogP contribution is 2.34. The fourth-order valence-electron chi connectivity index (χ4n) is 2.46. The third-order valence-electron chi connectivity index (χ3n) is 3.62. The minimum Gasteiger partial charge on any atom is -0.508 e. The van der Waals surface area contributed by atoms with E-state index in [4.69, 9.17) is 4.74 Å². The molecule has 5 heteroatoms. The number of amides is 1. The van der Waals surface area contributed by atoms with Crippen molar-refractivity contribution >= 4 is 5.91 Å². The molecule has 1 heterocycles.